The summed E-state index contributed by atoms with van der Waals surface area (Å²) >= 11 is 0. The molecule has 0 fully saturated rings. The van der Waals surface area contributed by atoms with Crippen molar-refractivity contribution in [1.29, 1.82) is 15.8 Å². The van der Waals surface area contributed by atoms with Crippen molar-refractivity contribution in [1.82, 2.24) is 15.0 Å². The van der Waals surface area contributed by atoms with Crippen LogP contribution in [0.25, 0.3) is 33.8 Å². The summed E-state index contributed by atoms with van der Waals surface area (Å²) in [6.45, 7) is 0. The Hall–Kier alpha value is -5.77. The number of nitriles is 3. The third-order valence-corrected chi connectivity index (χ3v) is 5.61. The summed E-state index contributed by atoms with van der Waals surface area (Å²) in [5.41, 5.74) is 6.95. The van der Waals surface area contributed by atoms with Crippen molar-refractivity contribution in [3.63, 3.8) is 0 Å². The van der Waals surface area contributed by atoms with E-state index in [9.17, 15) is 0 Å². The largest absolute Gasteiger partial charge is 3.00 e. The Bertz CT molecular complexity index is 1640. The van der Waals surface area contributed by atoms with Gasteiger partial charge < -0.3 is 15.0 Å². The molecule has 0 saturated carbocycles. The molecule has 0 unspecified atom stereocenters. The van der Waals surface area contributed by atoms with E-state index in [4.69, 9.17) is 15.8 Å². The van der Waals surface area contributed by atoms with Crippen LogP contribution in [0, 0.1) is 52.2 Å². The molecule has 6 nitrogen and oxygen atoms in total. The molecule has 204 valence electrons. The van der Waals surface area contributed by atoms with Crippen LogP contribution in [0.5, 0.6) is 0 Å². The Morgan fingerprint density at radius 2 is 0.744 bits per heavy atom. The summed E-state index contributed by atoms with van der Waals surface area (Å²) in [7, 11) is 0. The van der Waals surface area contributed by atoms with Crippen molar-refractivity contribution in [2.75, 3.05) is 0 Å². The van der Waals surface area contributed by atoms with Crippen LogP contribution in [0.4, 0.5) is 0 Å². The van der Waals surface area contributed by atoms with Gasteiger partial charge in [-0.1, -0.05) is 36.4 Å². The fourth-order valence-corrected chi connectivity index (χ4v) is 3.62. The normalized spacial score (nSPS) is 9.14. The Kier molecular flexibility index (Phi) is 12.7. The van der Waals surface area contributed by atoms with Crippen molar-refractivity contribution in [2.24, 2.45) is 0 Å². The first kappa shape index (κ1) is 31.8. The molecular weight excluding hydrogens is 709 g/mol. The predicted molar refractivity (Wildman–Crippen MR) is 160 cm³/mol. The average Bonchev–Trinajstić information content (AvgIpc) is 3.10. The van der Waals surface area contributed by atoms with Gasteiger partial charge in [0, 0.05) is 18.6 Å². The van der Waals surface area contributed by atoms with E-state index < -0.39 is 0 Å². The maximum absolute atomic E-state index is 8.72. The molecule has 3 heterocycles. The standard InChI is InChI=1S/3C12H7N2.Ir/c3*13-9-10-4-3-5-11(8-10)12-6-1-2-7-14-12;/h3*1-4,6-8H;/q3*-1;+3. The summed E-state index contributed by atoms with van der Waals surface area (Å²) in [6, 6.07) is 48.1. The van der Waals surface area contributed by atoms with E-state index in [-0.39, 0.29) is 20.1 Å². The van der Waals surface area contributed by atoms with Gasteiger partial charge in [0.25, 0.3) is 0 Å². The second kappa shape index (κ2) is 17.1. The van der Waals surface area contributed by atoms with Gasteiger partial charge in [0.2, 0.25) is 0 Å². The molecule has 0 aliphatic rings. The topological polar surface area (TPSA) is 110 Å². The monoisotopic (exact) mass is 730 g/mol. The van der Waals surface area contributed by atoms with Crippen molar-refractivity contribution >= 4 is 0 Å². The molecule has 0 amide bonds. The van der Waals surface area contributed by atoms with Crippen molar-refractivity contribution in [3.05, 3.63) is 163 Å². The number of pyridine rings is 3. The van der Waals surface area contributed by atoms with Gasteiger partial charge in [-0.05, 0) is 52.0 Å². The minimum absolute atomic E-state index is 0. The smallest absolute Gasteiger partial charge is 0.305 e. The van der Waals surface area contributed by atoms with Gasteiger partial charge in [0.1, 0.15) is 0 Å². The second-order valence-corrected chi connectivity index (χ2v) is 8.45. The van der Waals surface area contributed by atoms with Gasteiger partial charge in [-0.25, -0.2) is 0 Å². The Morgan fingerprint density at radius 1 is 0.442 bits per heavy atom. The molecule has 3 aromatic carbocycles. The molecule has 6 aromatic rings. The van der Waals surface area contributed by atoms with Crippen LogP contribution < -0.4 is 0 Å². The molecule has 3 aromatic heterocycles. The Balaban J connectivity index is 0.000000175. The van der Waals surface area contributed by atoms with Crippen molar-refractivity contribution < 1.29 is 20.1 Å². The van der Waals surface area contributed by atoms with Gasteiger partial charge in [-0.15, -0.1) is 89.5 Å². The van der Waals surface area contributed by atoms with E-state index in [1.807, 2.05) is 54.6 Å². The Labute approximate surface area is 264 Å². The number of benzene rings is 3. The van der Waals surface area contributed by atoms with E-state index >= 15 is 0 Å². The van der Waals surface area contributed by atoms with E-state index in [0.29, 0.717) is 16.7 Å². The summed E-state index contributed by atoms with van der Waals surface area (Å²) < 4.78 is 0. The first-order chi connectivity index (χ1) is 20.7. The summed E-state index contributed by atoms with van der Waals surface area (Å²) in [4.78, 5) is 12.6. The first-order valence-corrected chi connectivity index (χ1v) is 12.7. The van der Waals surface area contributed by atoms with Crippen LogP contribution in [0.1, 0.15) is 16.7 Å². The summed E-state index contributed by atoms with van der Waals surface area (Å²) in [5, 5.41) is 26.2. The maximum Gasteiger partial charge on any atom is 3.00 e. The summed E-state index contributed by atoms with van der Waals surface area (Å²) in [6.07, 6.45) is 5.17. The van der Waals surface area contributed by atoms with Gasteiger partial charge in [0.15, 0.2) is 0 Å². The van der Waals surface area contributed by atoms with Gasteiger partial charge in [-0.3, -0.25) is 0 Å². The van der Waals surface area contributed by atoms with Crippen LogP contribution in [0.2, 0.25) is 0 Å². The third kappa shape index (κ3) is 9.68. The van der Waals surface area contributed by atoms with Gasteiger partial charge in [-0.2, -0.15) is 15.8 Å². The van der Waals surface area contributed by atoms with Gasteiger partial charge in [0.05, 0.1) is 18.2 Å². The number of hydrogen-bond acceptors (Lipinski definition) is 6. The van der Waals surface area contributed by atoms with Crippen LogP contribution in [-0.2, 0) is 20.1 Å². The Morgan fingerprint density at radius 3 is 0.977 bits per heavy atom. The fraction of sp³-hybridized carbons (Fsp3) is 0. The zero-order chi connectivity index (χ0) is 29.4. The van der Waals surface area contributed by atoms with E-state index in [2.05, 4.69) is 51.4 Å². The molecule has 0 aliphatic heterocycles. The molecule has 0 atom stereocenters. The molecule has 0 aliphatic carbocycles. The van der Waals surface area contributed by atoms with Crippen molar-refractivity contribution in [2.45, 2.75) is 0 Å². The molecule has 0 spiro atoms. The maximum atomic E-state index is 8.72. The second-order valence-electron chi connectivity index (χ2n) is 8.45. The number of rotatable bonds is 3. The minimum atomic E-state index is 0. The molecule has 0 bridgehead atoms. The zero-order valence-corrected chi connectivity index (χ0v) is 25.0. The first-order valence-electron chi connectivity index (χ1n) is 12.7. The van der Waals surface area contributed by atoms with E-state index in [0.717, 1.165) is 33.8 Å². The SMILES string of the molecule is N#Cc1cc[c-]c(-c2ccccn2)c1.N#Cc1cc[c-]c(-c2ccccn2)c1.N#Cc1cc[c-]c(-c2ccccn2)c1.[Ir+3]. The molecule has 7 heteroatoms. The average molecular weight is 730 g/mol. The molecule has 6 rings (SSSR count). The van der Waals surface area contributed by atoms with Crippen LogP contribution in [0.3, 0.4) is 0 Å². The van der Waals surface area contributed by atoms with Crippen molar-refractivity contribution in [3.8, 4) is 52.0 Å². The van der Waals surface area contributed by atoms with Crippen LogP contribution in [0.15, 0.2) is 128 Å². The van der Waals surface area contributed by atoms with Gasteiger partial charge >= 0.3 is 20.1 Å². The fourth-order valence-electron chi connectivity index (χ4n) is 3.62. The number of nitrogens with zero attached hydrogens (tertiary/aromatic N) is 6. The predicted octanol–water partition coefficient (Wildman–Crippen LogP) is 7.26. The quantitative estimate of drug-likeness (QED) is 0.178. The zero-order valence-electron chi connectivity index (χ0n) is 22.6. The molecule has 0 radical (unpaired) electrons. The number of hydrogen-bond donors (Lipinski definition) is 0. The molecular formula is C36H21IrN6. The number of aromatic nitrogens is 3. The van der Waals surface area contributed by atoms with E-state index in [1.165, 1.54) is 0 Å². The summed E-state index contributed by atoms with van der Waals surface area (Å²) in [5.74, 6) is 0. The third-order valence-electron chi connectivity index (χ3n) is 5.61. The minimum Gasteiger partial charge on any atom is -0.305 e. The van der Waals surface area contributed by atoms with Crippen LogP contribution in [-0.4, -0.2) is 15.0 Å². The molecule has 0 saturated heterocycles. The molecule has 0 N–H and O–H groups in total. The molecule has 43 heavy (non-hydrogen) atoms. The van der Waals surface area contributed by atoms with Crippen LogP contribution >= 0.6 is 0 Å². The van der Waals surface area contributed by atoms with E-state index in [1.54, 1.807) is 73.2 Å².